The number of methoxy groups -OCH3 is 1. The molecular formula is C20H24N6O3S2. The second-order valence-corrected chi connectivity index (χ2v) is 8.97. The lowest BCUT2D eigenvalue weighted by Gasteiger charge is -2.14. The van der Waals surface area contributed by atoms with Gasteiger partial charge in [-0.25, -0.2) is 4.98 Å². The van der Waals surface area contributed by atoms with Gasteiger partial charge in [0.25, 0.3) is 5.91 Å². The van der Waals surface area contributed by atoms with Crippen molar-refractivity contribution in [3.05, 3.63) is 46.2 Å². The number of rotatable bonds is 8. The number of carbonyl (C=O) groups is 2. The fourth-order valence-corrected chi connectivity index (χ4v) is 4.28. The van der Waals surface area contributed by atoms with Gasteiger partial charge in [-0.2, -0.15) is 0 Å². The Hall–Kier alpha value is -2.92. The van der Waals surface area contributed by atoms with E-state index in [-0.39, 0.29) is 23.6 Å². The smallest absolute Gasteiger partial charge is 0.251 e. The van der Waals surface area contributed by atoms with Gasteiger partial charge in [-0.05, 0) is 45.0 Å². The molecule has 2 aromatic heterocycles. The summed E-state index contributed by atoms with van der Waals surface area (Å²) in [6.45, 7) is 5.71. The molecule has 164 valence electrons. The molecule has 1 unspecified atom stereocenters. The largest absolute Gasteiger partial charge is 0.497 e. The standard InChI is InChI=1S/C20H24N6O3S2/c1-11-13(3)31-19(22-11)23-16(27)10-30-20-25-24-17(26(20)4)12(2)21-18(28)14-6-8-15(29-5)9-7-14/h6-9,12H,10H2,1-5H3,(H,21,28)(H,22,23,27). The number of aryl methyl sites for hydroxylation is 2. The maximum atomic E-state index is 12.5. The molecule has 0 aliphatic rings. The summed E-state index contributed by atoms with van der Waals surface area (Å²) < 4.78 is 6.88. The van der Waals surface area contributed by atoms with E-state index in [2.05, 4.69) is 25.8 Å². The van der Waals surface area contributed by atoms with Crippen molar-refractivity contribution in [3.8, 4) is 5.75 Å². The predicted octanol–water partition coefficient (Wildman–Crippen LogP) is 3.12. The van der Waals surface area contributed by atoms with Crippen molar-refractivity contribution in [1.82, 2.24) is 25.1 Å². The summed E-state index contributed by atoms with van der Waals surface area (Å²) in [5.74, 6) is 1.07. The molecule has 0 fully saturated rings. The Labute approximate surface area is 188 Å². The van der Waals surface area contributed by atoms with E-state index in [9.17, 15) is 9.59 Å². The van der Waals surface area contributed by atoms with Gasteiger partial charge in [0.15, 0.2) is 16.1 Å². The molecule has 11 heteroatoms. The van der Waals surface area contributed by atoms with Crippen LogP contribution in [0.25, 0.3) is 0 Å². The molecule has 0 saturated carbocycles. The predicted molar refractivity (Wildman–Crippen MR) is 121 cm³/mol. The van der Waals surface area contributed by atoms with E-state index in [0.29, 0.717) is 27.4 Å². The summed E-state index contributed by atoms with van der Waals surface area (Å²) >= 11 is 2.72. The van der Waals surface area contributed by atoms with Gasteiger partial charge in [0, 0.05) is 17.5 Å². The van der Waals surface area contributed by atoms with Gasteiger partial charge in [0.2, 0.25) is 5.91 Å². The first-order valence-electron chi connectivity index (χ1n) is 9.49. The number of hydrogen-bond donors (Lipinski definition) is 2. The van der Waals surface area contributed by atoms with Crippen LogP contribution in [-0.4, -0.2) is 44.4 Å². The van der Waals surface area contributed by atoms with Gasteiger partial charge in [-0.1, -0.05) is 11.8 Å². The quantitative estimate of drug-likeness (QED) is 0.497. The van der Waals surface area contributed by atoms with Gasteiger partial charge in [-0.15, -0.1) is 21.5 Å². The minimum atomic E-state index is -0.364. The number of aromatic nitrogens is 4. The fraction of sp³-hybridized carbons (Fsp3) is 0.350. The SMILES string of the molecule is COc1ccc(C(=O)NC(C)c2nnc(SCC(=O)Nc3nc(C)c(C)s3)n2C)cc1. The van der Waals surface area contributed by atoms with Crippen LogP contribution in [0.5, 0.6) is 5.75 Å². The first-order chi connectivity index (χ1) is 14.8. The molecule has 1 atom stereocenters. The van der Waals surface area contributed by atoms with Crippen LogP contribution in [0.4, 0.5) is 5.13 Å². The monoisotopic (exact) mass is 460 g/mol. The second-order valence-electron chi connectivity index (χ2n) is 6.82. The molecule has 2 N–H and O–H groups in total. The summed E-state index contributed by atoms with van der Waals surface area (Å²) in [7, 11) is 3.38. The molecule has 0 aliphatic carbocycles. The number of anilines is 1. The first-order valence-corrected chi connectivity index (χ1v) is 11.3. The lowest BCUT2D eigenvalue weighted by Crippen LogP contribution is -2.28. The molecule has 31 heavy (non-hydrogen) atoms. The molecule has 0 saturated heterocycles. The number of benzene rings is 1. The van der Waals surface area contributed by atoms with E-state index < -0.39 is 0 Å². The van der Waals surface area contributed by atoms with E-state index in [0.717, 1.165) is 10.6 Å². The van der Waals surface area contributed by atoms with E-state index in [1.54, 1.807) is 43.0 Å². The highest BCUT2D eigenvalue weighted by atomic mass is 32.2. The highest BCUT2D eigenvalue weighted by molar-refractivity contribution is 7.99. The number of thiazole rings is 1. The normalized spacial score (nSPS) is 11.8. The van der Waals surface area contributed by atoms with Gasteiger partial charge in [0.05, 0.1) is 24.6 Å². The third-order valence-corrected chi connectivity index (χ3v) is 6.57. The average Bonchev–Trinajstić information content (AvgIpc) is 3.27. The maximum absolute atomic E-state index is 12.5. The lowest BCUT2D eigenvalue weighted by atomic mass is 10.2. The summed E-state index contributed by atoms with van der Waals surface area (Å²) in [6.07, 6.45) is 0. The van der Waals surface area contributed by atoms with E-state index in [4.69, 9.17) is 4.74 Å². The molecule has 0 aliphatic heterocycles. The van der Waals surface area contributed by atoms with Gasteiger partial charge >= 0.3 is 0 Å². The van der Waals surface area contributed by atoms with Crippen LogP contribution in [0, 0.1) is 13.8 Å². The molecule has 9 nitrogen and oxygen atoms in total. The molecule has 0 spiro atoms. The first kappa shape index (κ1) is 22.8. The summed E-state index contributed by atoms with van der Waals surface area (Å²) in [6, 6.07) is 6.49. The molecule has 3 aromatic rings. The Balaban J connectivity index is 1.56. The van der Waals surface area contributed by atoms with Crippen molar-refractivity contribution in [2.45, 2.75) is 32.0 Å². The van der Waals surface area contributed by atoms with Crippen LogP contribution < -0.4 is 15.4 Å². The van der Waals surface area contributed by atoms with Gasteiger partial charge < -0.3 is 19.9 Å². The highest BCUT2D eigenvalue weighted by Gasteiger charge is 2.19. The zero-order valence-electron chi connectivity index (χ0n) is 17.9. The van der Waals surface area contributed by atoms with E-state index >= 15 is 0 Å². The van der Waals surface area contributed by atoms with Crippen molar-refractivity contribution in [2.24, 2.45) is 7.05 Å². The number of nitrogens with one attached hydrogen (secondary N) is 2. The summed E-state index contributed by atoms with van der Waals surface area (Å²) in [4.78, 5) is 30.1. The van der Waals surface area contributed by atoms with E-state index in [1.807, 2.05) is 20.8 Å². The van der Waals surface area contributed by atoms with Crippen LogP contribution >= 0.6 is 23.1 Å². The lowest BCUT2D eigenvalue weighted by molar-refractivity contribution is -0.113. The van der Waals surface area contributed by atoms with E-state index in [1.165, 1.54) is 23.1 Å². The highest BCUT2D eigenvalue weighted by Crippen LogP contribution is 2.23. The average molecular weight is 461 g/mol. The molecule has 1 aromatic carbocycles. The fourth-order valence-electron chi connectivity index (χ4n) is 2.73. The Morgan fingerprint density at radius 1 is 1.23 bits per heavy atom. The van der Waals surface area contributed by atoms with Crippen LogP contribution in [-0.2, 0) is 11.8 Å². The Morgan fingerprint density at radius 2 is 1.94 bits per heavy atom. The number of ether oxygens (including phenoxy) is 1. The number of hydrogen-bond acceptors (Lipinski definition) is 8. The third-order valence-electron chi connectivity index (χ3n) is 4.56. The Morgan fingerprint density at radius 3 is 2.55 bits per heavy atom. The minimum absolute atomic E-state index is 0.163. The zero-order chi connectivity index (χ0) is 22.5. The summed E-state index contributed by atoms with van der Waals surface area (Å²) in [5, 5.41) is 15.2. The van der Waals surface area contributed by atoms with Crippen molar-refractivity contribution in [3.63, 3.8) is 0 Å². The number of amides is 2. The molecular weight excluding hydrogens is 436 g/mol. The van der Waals surface area contributed by atoms with Gasteiger partial charge in [0.1, 0.15) is 5.75 Å². The van der Waals surface area contributed by atoms with Gasteiger partial charge in [-0.3, -0.25) is 9.59 Å². The maximum Gasteiger partial charge on any atom is 0.251 e. The minimum Gasteiger partial charge on any atom is -0.497 e. The van der Waals surface area contributed by atoms with Crippen molar-refractivity contribution >= 4 is 40.0 Å². The number of thioether (sulfide) groups is 1. The molecule has 2 heterocycles. The topological polar surface area (TPSA) is 111 Å². The number of nitrogens with zero attached hydrogens (tertiary/aromatic N) is 4. The molecule has 2 amide bonds. The Bertz CT molecular complexity index is 1060. The number of carbonyl (C=O) groups excluding carboxylic acids is 2. The second kappa shape index (κ2) is 9.92. The third kappa shape index (κ3) is 5.61. The van der Waals surface area contributed by atoms with Crippen LogP contribution in [0.3, 0.4) is 0 Å². The van der Waals surface area contributed by atoms with Crippen LogP contribution in [0.2, 0.25) is 0 Å². The van der Waals surface area contributed by atoms with Crippen LogP contribution in [0.1, 0.15) is 39.7 Å². The van der Waals surface area contributed by atoms with Crippen molar-refractivity contribution in [2.75, 3.05) is 18.2 Å². The van der Waals surface area contributed by atoms with Crippen molar-refractivity contribution < 1.29 is 14.3 Å². The Kier molecular flexibility index (Phi) is 7.29. The zero-order valence-corrected chi connectivity index (χ0v) is 19.6. The molecule has 0 bridgehead atoms. The van der Waals surface area contributed by atoms with Crippen LogP contribution in [0.15, 0.2) is 29.4 Å². The summed E-state index contributed by atoms with van der Waals surface area (Å²) in [5.41, 5.74) is 1.44. The molecule has 3 rings (SSSR count). The molecule has 0 radical (unpaired) electrons. The van der Waals surface area contributed by atoms with Crippen molar-refractivity contribution in [1.29, 1.82) is 0 Å².